The van der Waals surface area contributed by atoms with Crippen molar-refractivity contribution in [1.29, 1.82) is 0 Å². The highest BCUT2D eigenvalue weighted by atomic mass is 32.2. The molecule has 6 nitrogen and oxygen atoms in total. The molecule has 0 radical (unpaired) electrons. The van der Waals surface area contributed by atoms with Crippen LogP contribution in [0.25, 0.3) is 0 Å². The SMILES string of the molecule is CN(C)S(=O)(=O)c1ccc(N(C(=O)O)C2CCCCCCC2)cc1. The summed E-state index contributed by atoms with van der Waals surface area (Å²) in [6.07, 6.45) is 6.28. The zero-order valence-electron chi connectivity index (χ0n) is 14.3. The first-order valence-electron chi connectivity index (χ1n) is 8.39. The molecule has 1 aliphatic carbocycles. The Kier molecular flexibility index (Phi) is 6.23. The number of carbonyl (C=O) groups is 1. The van der Waals surface area contributed by atoms with E-state index in [0.717, 1.165) is 42.8 Å². The molecule has 1 saturated carbocycles. The molecule has 0 saturated heterocycles. The van der Waals surface area contributed by atoms with Crippen LogP contribution in [0.3, 0.4) is 0 Å². The molecule has 1 aliphatic rings. The number of nitrogens with zero attached hydrogens (tertiary/aromatic N) is 2. The van der Waals surface area contributed by atoms with Gasteiger partial charge in [-0.3, -0.25) is 4.90 Å². The number of rotatable bonds is 4. The fourth-order valence-electron chi connectivity index (χ4n) is 3.16. The average molecular weight is 354 g/mol. The van der Waals surface area contributed by atoms with Gasteiger partial charge in [-0.25, -0.2) is 17.5 Å². The van der Waals surface area contributed by atoms with Gasteiger partial charge < -0.3 is 5.11 Å². The average Bonchev–Trinajstić information content (AvgIpc) is 2.49. The predicted molar refractivity (Wildman–Crippen MR) is 93.9 cm³/mol. The van der Waals surface area contributed by atoms with Crippen molar-refractivity contribution in [2.45, 2.75) is 55.9 Å². The summed E-state index contributed by atoms with van der Waals surface area (Å²) in [6.45, 7) is 0. The Morgan fingerprint density at radius 3 is 1.96 bits per heavy atom. The Hall–Kier alpha value is -1.60. The fraction of sp³-hybridized carbons (Fsp3) is 0.588. The van der Waals surface area contributed by atoms with E-state index in [4.69, 9.17) is 0 Å². The number of anilines is 1. The number of sulfonamides is 1. The van der Waals surface area contributed by atoms with Crippen molar-refractivity contribution in [1.82, 2.24) is 4.31 Å². The van der Waals surface area contributed by atoms with Gasteiger partial charge in [0.2, 0.25) is 10.0 Å². The minimum absolute atomic E-state index is 0.0425. The molecule has 1 amide bonds. The minimum atomic E-state index is -3.51. The lowest BCUT2D eigenvalue weighted by Gasteiger charge is -2.31. The van der Waals surface area contributed by atoms with Gasteiger partial charge in [-0.05, 0) is 37.1 Å². The lowest BCUT2D eigenvalue weighted by Crippen LogP contribution is -2.40. The second kappa shape index (κ2) is 7.98. The third-order valence-electron chi connectivity index (χ3n) is 4.54. The molecule has 0 spiro atoms. The second-order valence-electron chi connectivity index (χ2n) is 6.43. The van der Waals surface area contributed by atoms with Crippen LogP contribution >= 0.6 is 0 Å². The number of carboxylic acid groups (broad SMARTS) is 1. The van der Waals surface area contributed by atoms with E-state index >= 15 is 0 Å². The predicted octanol–water partition coefficient (Wildman–Crippen LogP) is 3.53. The zero-order valence-corrected chi connectivity index (χ0v) is 15.1. The van der Waals surface area contributed by atoms with Crippen LogP contribution in [0.2, 0.25) is 0 Å². The van der Waals surface area contributed by atoms with Crippen molar-refractivity contribution in [2.24, 2.45) is 0 Å². The molecule has 1 aromatic carbocycles. The molecule has 0 aromatic heterocycles. The standard InChI is InChI=1S/C17H26N2O4S/c1-18(2)24(22,23)16-12-10-15(11-13-16)19(17(20)21)14-8-6-4-3-5-7-9-14/h10-14H,3-9H2,1-2H3,(H,20,21). The summed E-state index contributed by atoms with van der Waals surface area (Å²) in [6, 6.07) is 6.08. The van der Waals surface area contributed by atoms with Gasteiger partial charge >= 0.3 is 6.09 Å². The highest BCUT2D eigenvalue weighted by Gasteiger charge is 2.26. The van der Waals surface area contributed by atoms with Gasteiger partial charge in [-0.15, -0.1) is 0 Å². The summed E-state index contributed by atoms with van der Waals surface area (Å²) in [5, 5.41) is 9.66. The third kappa shape index (κ3) is 4.27. The van der Waals surface area contributed by atoms with E-state index in [2.05, 4.69) is 0 Å². The van der Waals surface area contributed by atoms with E-state index in [0.29, 0.717) is 5.69 Å². The van der Waals surface area contributed by atoms with Crippen LogP contribution < -0.4 is 4.90 Å². The lowest BCUT2D eigenvalue weighted by molar-refractivity contribution is 0.197. The highest BCUT2D eigenvalue weighted by Crippen LogP contribution is 2.27. The molecule has 1 N–H and O–H groups in total. The summed E-state index contributed by atoms with van der Waals surface area (Å²) in [7, 11) is -0.561. The normalized spacial score (nSPS) is 17.3. The Morgan fingerprint density at radius 2 is 1.50 bits per heavy atom. The first kappa shape index (κ1) is 18.7. The number of amides is 1. The Morgan fingerprint density at radius 1 is 1.00 bits per heavy atom. The smallest absolute Gasteiger partial charge is 0.412 e. The molecular weight excluding hydrogens is 328 g/mol. The van der Waals surface area contributed by atoms with Gasteiger partial charge in [0.25, 0.3) is 0 Å². The maximum absolute atomic E-state index is 12.1. The van der Waals surface area contributed by atoms with Crippen molar-refractivity contribution >= 4 is 21.8 Å². The van der Waals surface area contributed by atoms with Gasteiger partial charge in [0.05, 0.1) is 4.90 Å². The Bertz CT molecular complexity index is 648. The molecule has 0 bridgehead atoms. The van der Waals surface area contributed by atoms with Crippen LogP contribution in [0.1, 0.15) is 44.9 Å². The molecule has 0 atom stereocenters. The molecule has 1 fully saturated rings. The van der Waals surface area contributed by atoms with Gasteiger partial charge in [0.1, 0.15) is 0 Å². The van der Waals surface area contributed by atoms with Crippen molar-refractivity contribution in [2.75, 3.05) is 19.0 Å². The third-order valence-corrected chi connectivity index (χ3v) is 6.37. The molecule has 24 heavy (non-hydrogen) atoms. The quantitative estimate of drug-likeness (QED) is 0.897. The van der Waals surface area contributed by atoms with Gasteiger partial charge in [-0.1, -0.05) is 32.1 Å². The summed E-state index contributed by atoms with van der Waals surface area (Å²) in [5.74, 6) is 0. The van der Waals surface area contributed by atoms with Gasteiger partial charge in [-0.2, -0.15) is 0 Å². The molecule has 134 valence electrons. The van der Waals surface area contributed by atoms with E-state index in [1.165, 1.54) is 37.5 Å². The Labute approximate surface area is 144 Å². The number of hydrogen-bond donors (Lipinski definition) is 1. The molecule has 7 heteroatoms. The minimum Gasteiger partial charge on any atom is -0.465 e. The molecule has 0 unspecified atom stereocenters. The topological polar surface area (TPSA) is 77.9 Å². The van der Waals surface area contributed by atoms with Crippen molar-refractivity contribution in [3.8, 4) is 0 Å². The van der Waals surface area contributed by atoms with Crippen LogP contribution in [0.5, 0.6) is 0 Å². The van der Waals surface area contributed by atoms with Crippen LogP contribution in [-0.4, -0.2) is 44.1 Å². The van der Waals surface area contributed by atoms with Gasteiger partial charge in [0, 0.05) is 25.8 Å². The van der Waals surface area contributed by atoms with E-state index in [-0.39, 0.29) is 10.9 Å². The van der Waals surface area contributed by atoms with Crippen molar-refractivity contribution in [3.05, 3.63) is 24.3 Å². The monoisotopic (exact) mass is 354 g/mol. The van der Waals surface area contributed by atoms with E-state index in [1.54, 1.807) is 12.1 Å². The number of benzene rings is 1. The highest BCUT2D eigenvalue weighted by molar-refractivity contribution is 7.89. The van der Waals surface area contributed by atoms with Crippen LogP contribution in [-0.2, 0) is 10.0 Å². The van der Waals surface area contributed by atoms with Crippen LogP contribution in [0.15, 0.2) is 29.2 Å². The first-order chi connectivity index (χ1) is 11.3. The summed E-state index contributed by atoms with van der Waals surface area (Å²) < 4.78 is 25.4. The summed E-state index contributed by atoms with van der Waals surface area (Å²) in [4.78, 5) is 13.4. The molecule has 0 aliphatic heterocycles. The van der Waals surface area contributed by atoms with Gasteiger partial charge in [0.15, 0.2) is 0 Å². The van der Waals surface area contributed by atoms with E-state index in [1.807, 2.05) is 0 Å². The maximum Gasteiger partial charge on any atom is 0.412 e. The summed E-state index contributed by atoms with van der Waals surface area (Å²) in [5.41, 5.74) is 0.533. The summed E-state index contributed by atoms with van der Waals surface area (Å²) >= 11 is 0. The fourth-order valence-corrected chi connectivity index (χ4v) is 4.06. The lowest BCUT2D eigenvalue weighted by atomic mass is 9.95. The maximum atomic E-state index is 12.1. The van der Waals surface area contributed by atoms with Crippen LogP contribution in [0.4, 0.5) is 10.5 Å². The van der Waals surface area contributed by atoms with Crippen molar-refractivity contribution in [3.63, 3.8) is 0 Å². The van der Waals surface area contributed by atoms with Crippen LogP contribution in [0, 0.1) is 0 Å². The molecule has 0 heterocycles. The van der Waals surface area contributed by atoms with E-state index in [9.17, 15) is 18.3 Å². The molecule has 2 rings (SSSR count). The Balaban J connectivity index is 2.26. The first-order valence-corrected chi connectivity index (χ1v) is 9.83. The second-order valence-corrected chi connectivity index (χ2v) is 8.58. The van der Waals surface area contributed by atoms with Crippen molar-refractivity contribution < 1.29 is 18.3 Å². The zero-order chi connectivity index (χ0) is 17.7. The molecular formula is C17H26N2O4S. The number of hydrogen-bond acceptors (Lipinski definition) is 3. The van der Waals surface area contributed by atoms with E-state index < -0.39 is 16.1 Å². The molecule has 1 aromatic rings. The largest absolute Gasteiger partial charge is 0.465 e.